The molecule has 110 valence electrons. The van der Waals surface area contributed by atoms with E-state index in [1.165, 1.54) is 17.7 Å². The third kappa shape index (κ3) is 2.95. The van der Waals surface area contributed by atoms with Crippen LogP contribution in [0.15, 0.2) is 18.2 Å². The highest BCUT2D eigenvalue weighted by molar-refractivity contribution is 5.51. The summed E-state index contributed by atoms with van der Waals surface area (Å²) in [6, 6.07) is 6.00. The van der Waals surface area contributed by atoms with Crippen LogP contribution < -0.4 is 5.32 Å². The van der Waals surface area contributed by atoms with E-state index in [0.29, 0.717) is 5.92 Å². The second kappa shape index (κ2) is 5.90. The van der Waals surface area contributed by atoms with E-state index in [0.717, 1.165) is 42.3 Å². The van der Waals surface area contributed by atoms with Gasteiger partial charge in [-0.15, -0.1) is 0 Å². The summed E-state index contributed by atoms with van der Waals surface area (Å²) >= 11 is 0. The fourth-order valence-electron chi connectivity index (χ4n) is 3.10. The Morgan fingerprint density at radius 1 is 1.19 bits per heavy atom. The quantitative estimate of drug-likeness (QED) is 0.939. The van der Waals surface area contributed by atoms with E-state index in [4.69, 9.17) is 9.97 Å². The Bertz CT molecular complexity index is 651. The van der Waals surface area contributed by atoms with Crippen LogP contribution in [0.1, 0.15) is 29.1 Å². The number of nitrogens with zero attached hydrogens (tertiary/aromatic N) is 3. The number of aromatic nitrogens is 3. The Hall–Kier alpha value is -1.81. The number of fused-ring (bicyclic) bond motifs is 1. The Morgan fingerprint density at radius 3 is 2.81 bits per heavy atom. The first-order valence-electron chi connectivity index (χ1n) is 7.62. The molecule has 0 saturated carbocycles. The minimum atomic E-state index is 0.702. The van der Waals surface area contributed by atoms with E-state index in [1.807, 2.05) is 32.2 Å². The van der Waals surface area contributed by atoms with Gasteiger partial charge in [0.1, 0.15) is 5.69 Å². The SMILES string of the molecule is CNCC1CCc2nc(-c3cccc(C)n3)nc(C)c2C1. The first-order valence-corrected chi connectivity index (χ1v) is 7.62. The summed E-state index contributed by atoms with van der Waals surface area (Å²) < 4.78 is 0. The lowest BCUT2D eigenvalue weighted by Gasteiger charge is -2.25. The molecule has 2 heterocycles. The summed E-state index contributed by atoms with van der Waals surface area (Å²) in [6.07, 6.45) is 3.33. The lowest BCUT2D eigenvalue weighted by atomic mass is 9.85. The first kappa shape index (κ1) is 14.1. The largest absolute Gasteiger partial charge is 0.319 e. The van der Waals surface area contributed by atoms with Crippen LogP contribution in [0.25, 0.3) is 11.5 Å². The van der Waals surface area contributed by atoms with Gasteiger partial charge in [-0.25, -0.2) is 15.0 Å². The molecule has 0 aromatic carbocycles. The van der Waals surface area contributed by atoms with Gasteiger partial charge in [-0.2, -0.15) is 0 Å². The van der Waals surface area contributed by atoms with Gasteiger partial charge in [-0.05, 0) is 70.3 Å². The molecule has 4 nitrogen and oxygen atoms in total. The summed E-state index contributed by atoms with van der Waals surface area (Å²) in [4.78, 5) is 14.0. The molecule has 2 aromatic heterocycles. The van der Waals surface area contributed by atoms with Crippen molar-refractivity contribution in [1.29, 1.82) is 0 Å². The van der Waals surface area contributed by atoms with E-state index in [1.54, 1.807) is 0 Å². The van der Waals surface area contributed by atoms with Gasteiger partial charge in [0.2, 0.25) is 0 Å². The molecule has 0 saturated heterocycles. The van der Waals surface area contributed by atoms with Crippen molar-refractivity contribution >= 4 is 0 Å². The maximum Gasteiger partial charge on any atom is 0.178 e. The minimum absolute atomic E-state index is 0.702. The fraction of sp³-hybridized carbons (Fsp3) is 0.471. The van der Waals surface area contributed by atoms with Crippen LogP contribution in [0.5, 0.6) is 0 Å². The molecular formula is C17H22N4. The maximum atomic E-state index is 4.79. The van der Waals surface area contributed by atoms with Gasteiger partial charge in [-0.3, -0.25) is 0 Å². The first-order chi connectivity index (χ1) is 10.2. The van der Waals surface area contributed by atoms with Crippen LogP contribution in [0.3, 0.4) is 0 Å². The maximum absolute atomic E-state index is 4.79. The Kier molecular flexibility index (Phi) is 3.97. The number of nitrogens with one attached hydrogen (secondary N) is 1. The molecule has 3 rings (SSSR count). The van der Waals surface area contributed by atoms with Gasteiger partial charge in [0.25, 0.3) is 0 Å². The van der Waals surface area contributed by atoms with E-state index >= 15 is 0 Å². The molecule has 0 bridgehead atoms. The summed E-state index contributed by atoms with van der Waals surface area (Å²) in [5.74, 6) is 1.47. The molecule has 1 atom stereocenters. The zero-order chi connectivity index (χ0) is 14.8. The zero-order valence-electron chi connectivity index (χ0n) is 13.0. The molecule has 4 heteroatoms. The third-order valence-corrected chi connectivity index (χ3v) is 4.19. The predicted molar refractivity (Wildman–Crippen MR) is 84.2 cm³/mol. The van der Waals surface area contributed by atoms with E-state index in [9.17, 15) is 0 Å². The topological polar surface area (TPSA) is 50.7 Å². The molecule has 21 heavy (non-hydrogen) atoms. The van der Waals surface area contributed by atoms with Gasteiger partial charge in [0, 0.05) is 17.1 Å². The summed E-state index contributed by atoms with van der Waals surface area (Å²) in [7, 11) is 2.02. The summed E-state index contributed by atoms with van der Waals surface area (Å²) in [5.41, 5.74) is 5.55. The van der Waals surface area contributed by atoms with Crippen molar-refractivity contribution in [2.75, 3.05) is 13.6 Å². The van der Waals surface area contributed by atoms with Crippen molar-refractivity contribution in [2.45, 2.75) is 33.1 Å². The van der Waals surface area contributed by atoms with Crippen molar-refractivity contribution in [3.8, 4) is 11.5 Å². The van der Waals surface area contributed by atoms with E-state index in [-0.39, 0.29) is 0 Å². The van der Waals surface area contributed by atoms with Crippen LogP contribution in [0.2, 0.25) is 0 Å². The Labute approximate surface area is 126 Å². The highest BCUT2D eigenvalue weighted by atomic mass is 14.9. The third-order valence-electron chi connectivity index (χ3n) is 4.19. The van der Waals surface area contributed by atoms with Crippen molar-refractivity contribution in [1.82, 2.24) is 20.3 Å². The Morgan fingerprint density at radius 2 is 2.05 bits per heavy atom. The summed E-state index contributed by atoms with van der Waals surface area (Å²) in [6.45, 7) is 5.17. The zero-order valence-corrected chi connectivity index (χ0v) is 13.0. The normalized spacial score (nSPS) is 17.6. The van der Waals surface area contributed by atoms with Crippen molar-refractivity contribution in [3.05, 3.63) is 40.8 Å². The molecule has 0 radical (unpaired) electrons. The van der Waals surface area contributed by atoms with Crippen molar-refractivity contribution in [3.63, 3.8) is 0 Å². The molecule has 2 aromatic rings. The second-order valence-electron chi connectivity index (χ2n) is 5.89. The lowest BCUT2D eigenvalue weighted by molar-refractivity contribution is 0.433. The minimum Gasteiger partial charge on any atom is -0.319 e. The fourth-order valence-corrected chi connectivity index (χ4v) is 3.10. The average Bonchev–Trinajstić information content (AvgIpc) is 2.48. The van der Waals surface area contributed by atoms with Crippen molar-refractivity contribution < 1.29 is 0 Å². The number of rotatable bonds is 3. The molecule has 1 unspecified atom stereocenters. The molecule has 0 spiro atoms. The molecule has 1 N–H and O–H groups in total. The number of hydrogen-bond acceptors (Lipinski definition) is 4. The molecule has 1 aliphatic carbocycles. The second-order valence-corrected chi connectivity index (χ2v) is 5.89. The van der Waals surface area contributed by atoms with Crippen LogP contribution in [0.4, 0.5) is 0 Å². The van der Waals surface area contributed by atoms with Crippen LogP contribution in [0, 0.1) is 19.8 Å². The standard InChI is InChI=1S/C17H22N4/c1-11-5-4-6-16(19-11)17-20-12(2)14-9-13(10-18-3)7-8-15(14)21-17/h4-6,13,18H,7-10H2,1-3H3. The van der Waals surface area contributed by atoms with Crippen LogP contribution in [-0.4, -0.2) is 28.5 Å². The molecule has 1 aliphatic rings. The average molecular weight is 282 g/mol. The summed E-state index contributed by atoms with van der Waals surface area (Å²) in [5, 5.41) is 3.28. The van der Waals surface area contributed by atoms with Gasteiger partial charge < -0.3 is 5.32 Å². The van der Waals surface area contributed by atoms with Crippen LogP contribution in [-0.2, 0) is 12.8 Å². The number of hydrogen-bond donors (Lipinski definition) is 1. The molecule has 0 aliphatic heterocycles. The van der Waals surface area contributed by atoms with E-state index < -0.39 is 0 Å². The smallest absolute Gasteiger partial charge is 0.178 e. The molecule has 0 amide bonds. The number of aryl methyl sites for hydroxylation is 3. The molecule has 0 fully saturated rings. The molecular weight excluding hydrogens is 260 g/mol. The van der Waals surface area contributed by atoms with Crippen molar-refractivity contribution in [2.24, 2.45) is 5.92 Å². The Balaban J connectivity index is 1.96. The number of pyridine rings is 1. The lowest BCUT2D eigenvalue weighted by Crippen LogP contribution is -2.26. The van der Waals surface area contributed by atoms with Gasteiger partial charge in [0.15, 0.2) is 5.82 Å². The monoisotopic (exact) mass is 282 g/mol. The van der Waals surface area contributed by atoms with Gasteiger partial charge >= 0.3 is 0 Å². The highest BCUT2D eigenvalue weighted by Gasteiger charge is 2.22. The predicted octanol–water partition coefficient (Wildman–Crippen LogP) is 2.48. The van der Waals surface area contributed by atoms with Gasteiger partial charge in [-0.1, -0.05) is 6.07 Å². The highest BCUT2D eigenvalue weighted by Crippen LogP contribution is 2.27. The van der Waals surface area contributed by atoms with E-state index in [2.05, 4.69) is 17.2 Å². The van der Waals surface area contributed by atoms with Crippen LogP contribution >= 0.6 is 0 Å². The van der Waals surface area contributed by atoms with Gasteiger partial charge in [0.05, 0.1) is 0 Å².